The number of hydrazone groups is 1. The highest BCUT2D eigenvalue weighted by atomic mass is 16.7. The summed E-state index contributed by atoms with van der Waals surface area (Å²) in [5, 5.41) is 69.8. The third-order valence-corrected chi connectivity index (χ3v) is 11.5. The van der Waals surface area contributed by atoms with E-state index in [1.54, 1.807) is 44.9 Å². The van der Waals surface area contributed by atoms with E-state index in [-0.39, 0.29) is 44.5 Å². The Hall–Kier alpha value is -5.16. The van der Waals surface area contributed by atoms with Crippen molar-refractivity contribution in [2.45, 2.75) is 85.6 Å². The van der Waals surface area contributed by atoms with E-state index in [0.29, 0.717) is 26.2 Å². The molecule has 4 heterocycles. The fraction of sp³-hybridized carbons (Fsp3) is 0.524. The van der Waals surface area contributed by atoms with Crippen molar-refractivity contribution in [2.24, 2.45) is 28.8 Å². The predicted octanol–water partition coefficient (Wildman–Crippen LogP) is 3.99. The van der Waals surface area contributed by atoms with E-state index >= 15 is 0 Å². The number of nitrogens with zero attached hydrogens (tertiary/aromatic N) is 2. The summed E-state index contributed by atoms with van der Waals surface area (Å²) in [6, 6.07) is 0. The predicted molar refractivity (Wildman–Crippen MR) is 216 cm³/mol. The largest absolute Gasteiger partial charge is 0.507 e. The molecule has 316 valence electrons. The average molecular weight is 809 g/mol. The van der Waals surface area contributed by atoms with E-state index < -0.39 is 88.8 Å². The number of phenolic OH excluding ortho intramolecular Hbond substituents is 3. The van der Waals surface area contributed by atoms with Gasteiger partial charge in [-0.25, -0.2) is 0 Å². The molecule has 1 fully saturated rings. The molecule has 58 heavy (non-hydrogen) atoms. The number of aromatic hydroxyl groups is 3. The lowest BCUT2D eigenvalue weighted by Crippen LogP contribution is -2.46. The molecule has 16 nitrogen and oxygen atoms in total. The fourth-order valence-electron chi connectivity index (χ4n) is 7.78. The number of carbonyl (C=O) groups is 3. The molecule has 7 N–H and O–H groups in total. The first-order valence-electron chi connectivity index (χ1n) is 19.4. The Kier molecular flexibility index (Phi) is 13.5. The average Bonchev–Trinajstić information content (AvgIpc) is 3.46. The van der Waals surface area contributed by atoms with Crippen LogP contribution in [0.2, 0.25) is 0 Å². The first-order chi connectivity index (χ1) is 27.3. The monoisotopic (exact) mass is 808 g/mol. The number of Topliss-reactive ketones (excluding diaryl/α,β-unsaturated/α-hetero) is 1. The van der Waals surface area contributed by atoms with Crippen LogP contribution < -0.4 is 15.4 Å². The Morgan fingerprint density at radius 3 is 2.28 bits per heavy atom. The van der Waals surface area contributed by atoms with Gasteiger partial charge in [-0.15, -0.1) is 0 Å². The number of amides is 1. The van der Waals surface area contributed by atoms with E-state index in [0.717, 1.165) is 0 Å². The molecule has 9 atom stereocenters. The number of ether oxygens (including phenoxy) is 4. The third kappa shape index (κ3) is 8.51. The second-order valence-electron chi connectivity index (χ2n) is 15.6. The van der Waals surface area contributed by atoms with Crippen molar-refractivity contribution >= 4 is 40.3 Å². The van der Waals surface area contributed by atoms with E-state index in [1.165, 1.54) is 59.4 Å². The molecule has 1 saturated heterocycles. The molecular weight excluding hydrogens is 752 g/mol. The first-order valence-corrected chi connectivity index (χ1v) is 19.4. The molecular formula is C42H56N4O12. The number of hydrogen-bond acceptors (Lipinski definition) is 15. The van der Waals surface area contributed by atoms with Crippen molar-refractivity contribution in [3.05, 3.63) is 52.8 Å². The fourth-order valence-corrected chi connectivity index (χ4v) is 7.78. The maximum Gasteiger partial charge on any atom is 0.312 e. The molecule has 0 unspecified atom stereocenters. The van der Waals surface area contributed by atoms with Crippen molar-refractivity contribution in [1.82, 2.24) is 10.3 Å². The highest BCUT2D eigenvalue weighted by Crippen LogP contribution is 2.55. The third-order valence-electron chi connectivity index (χ3n) is 11.5. The number of anilines is 1. The molecule has 1 amide bonds. The number of nitrogens with one attached hydrogen (secondary N) is 2. The van der Waals surface area contributed by atoms with E-state index in [4.69, 9.17) is 18.9 Å². The van der Waals surface area contributed by atoms with Gasteiger partial charge in [0.2, 0.25) is 0 Å². The van der Waals surface area contributed by atoms with Crippen LogP contribution in [0.15, 0.2) is 41.2 Å². The maximum absolute atomic E-state index is 14.4. The normalized spacial score (nSPS) is 30.1. The van der Waals surface area contributed by atoms with Gasteiger partial charge in [-0.2, -0.15) is 5.10 Å². The smallest absolute Gasteiger partial charge is 0.312 e. The summed E-state index contributed by atoms with van der Waals surface area (Å²) in [7, 11) is 1.44. The highest BCUT2D eigenvalue weighted by Gasteiger charge is 2.50. The number of ketones is 1. The van der Waals surface area contributed by atoms with Crippen LogP contribution in [0.5, 0.6) is 23.0 Å². The molecule has 0 aliphatic carbocycles. The van der Waals surface area contributed by atoms with Gasteiger partial charge in [0.25, 0.3) is 11.7 Å². The Balaban J connectivity index is 1.71. The molecule has 0 aromatic heterocycles. The lowest BCUT2D eigenvalue weighted by molar-refractivity contribution is -0.160. The number of methoxy groups -OCH3 is 1. The van der Waals surface area contributed by atoms with Crippen LogP contribution >= 0.6 is 0 Å². The van der Waals surface area contributed by atoms with E-state index in [1.807, 2.05) is 0 Å². The molecule has 4 aliphatic rings. The molecule has 2 aromatic carbocycles. The van der Waals surface area contributed by atoms with Gasteiger partial charge < -0.3 is 55.1 Å². The standard InChI is InChI=1S/C42H56N4O12/c1-20-11-10-12-21(2)41(54)45-32-27(19-44-46-16-14-43-15-17-46)36(51)29-30(37(32)52)35(50)25(6)39-31(29)40(53)42(8,58-39)56-18-13-28(55-9)22(3)38(57-26(7)47)24(5)34(49)23(4)33(20)48/h10-13,18-20,22-24,28,33-34,38,43,48-52H,14-17H2,1-9H3,(H,45,54)/t20-,22-,23-,24-,28+,33-,34+,38-,42+/m1/s1. The zero-order valence-corrected chi connectivity index (χ0v) is 34.4. The van der Waals surface area contributed by atoms with Crippen LogP contribution in [0.4, 0.5) is 5.69 Å². The van der Waals surface area contributed by atoms with Gasteiger partial charge in [0, 0.05) is 87.3 Å². The number of fused-ring (bicyclic) bond motifs is 14. The second kappa shape index (κ2) is 17.8. The summed E-state index contributed by atoms with van der Waals surface area (Å²) >= 11 is 0. The number of aliphatic hydroxyl groups excluding tert-OH is 2. The van der Waals surface area contributed by atoms with Gasteiger partial charge in [0.1, 0.15) is 23.4 Å². The quantitative estimate of drug-likeness (QED) is 0.100. The molecule has 2 aromatic rings. The van der Waals surface area contributed by atoms with Crippen molar-refractivity contribution < 1.29 is 58.9 Å². The van der Waals surface area contributed by atoms with Gasteiger partial charge >= 0.3 is 11.8 Å². The number of carbonyl (C=O) groups excluding carboxylic acids is 3. The van der Waals surface area contributed by atoms with Crippen molar-refractivity contribution in [2.75, 3.05) is 38.6 Å². The van der Waals surface area contributed by atoms with Gasteiger partial charge in [-0.05, 0) is 19.9 Å². The number of rotatable bonds is 4. The number of piperazine rings is 1. The Morgan fingerprint density at radius 1 is 0.966 bits per heavy atom. The number of benzene rings is 2. The summed E-state index contributed by atoms with van der Waals surface area (Å²) in [6.45, 7) is 14.9. The zero-order chi connectivity index (χ0) is 42.8. The summed E-state index contributed by atoms with van der Waals surface area (Å²) in [5.41, 5.74) is -0.364. The number of aliphatic hydroxyl groups is 2. The summed E-state index contributed by atoms with van der Waals surface area (Å²) in [4.78, 5) is 40.4. The minimum Gasteiger partial charge on any atom is -0.507 e. The minimum absolute atomic E-state index is 0.0544. The Bertz CT molecular complexity index is 2040. The van der Waals surface area contributed by atoms with Crippen LogP contribution in [-0.2, 0) is 23.8 Å². The van der Waals surface area contributed by atoms with Gasteiger partial charge in [-0.3, -0.25) is 19.4 Å². The van der Waals surface area contributed by atoms with Crippen LogP contribution in [0.3, 0.4) is 0 Å². The van der Waals surface area contributed by atoms with E-state index in [9.17, 15) is 39.9 Å². The van der Waals surface area contributed by atoms with Crippen LogP contribution in [0.1, 0.15) is 70.0 Å². The minimum atomic E-state index is -2.04. The van der Waals surface area contributed by atoms with Crippen molar-refractivity contribution in [3.8, 4) is 23.0 Å². The molecule has 0 radical (unpaired) electrons. The molecule has 0 saturated carbocycles. The second-order valence-corrected chi connectivity index (χ2v) is 15.6. The molecule has 4 aliphatic heterocycles. The topological polar surface area (TPSA) is 229 Å². The maximum atomic E-state index is 14.4. The van der Waals surface area contributed by atoms with Gasteiger partial charge in [-0.1, -0.05) is 45.9 Å². The molecule has 5 bridgehead atoms. The van der Waals surface area contributed by atoms with Crippen LogP contribution in [0, 0.1) is 30.6 Å². The lowest BCUT2D eigenvalue weighted by atomic mass is 9.78. The first kappa shape index (κ1) is 44.0. The summed E-state index contributed by atoms with van der Waals surface area (Å²) in [6.07, 6.45) is 4.83. The Labute approximate surface area is 337 Å². The number of esters is 1. The Morgan fingerprint density at radius 2 is 1.64 bits per heavy atom. The van der Waals surface area contributed by atoms with Crippen LogP contribution in [0.25, 0.3) is 10.8 Å². The van der Waals surface area contributed by atoms with Crippen molar-refractivity contribution in [3.63, 3.8) is 0 Å². The molecule has 0 spiro atoms. The highest BCUT2D eigenvalue weighted by molar-refractivity contribution is 6.23. The summed E-state index contributed by atoms with van der Waals surface area (Å²) in [5.74, 6) is -8.36. The van der Waals surface area contributed by atoms with Crippen LogP contribution in [-0.4, -0.2) is 118 Å². The number of hydrogen-bond donors (Lipinski definition) is 7. The van der Waals surface area contributed by atoms with Gasteiger partial charge in [0.05, 0.1) is 53.0 Å². The lowest BCUT2D eigenvalue weighted by Gasteiger charge is -2.38. The van der Waals surface area contributed by atoms with Gasteiger partial charge in [0.15, 0.2) is 5.75 Å². The zero-order valence-electron chi connectivity index (χ0n) is 34.4. The number of phenols is 3. The molecule has 6 rings (SSSR count). The SMILES string of the molecule is CO[C@H]1C=CO[C@@]2(C)Oc3c(C)c(O)c4c(O)c(c(C=NN5CCNCC5)c(O)c4c3C2=O)NC(=O)C(C)=CC=C[C@@H](C)[C@@H](O)[C@@H](C)[C@H](O)[C@@H](C)[C@H](OC(C)=O)[C@@H]1C. The molecule has 16 heteroatoms. The number of allylic oxidation sites excluding steroid dienone is 2. The van der Waals surface area contributed by atoms with E-state index in [2.05, 4.69) is 15.7 Å². The van der Waals surface area contributed by atoms with Crippen molar-refractivity contribution in [1.29, 1.82) is 0 Å². The summed E-state index contributed by atoms with van der Waals surface area (Å²) < 4.78 is 23.6.